The third-order valence-corrected chi connectivity index (χ3v) is 15.2. The van der Waals surface area contributed by atoms with Gasteiger partial charge < -0.3 is 19.7 Å². The summed E-state index contributed by atoms with van der Waals surface area (Å²) in [6.45, 7) is 5.02. The molecule has 15 nitrogen and oxygen atoms in total. The maximum Gasteiger partial charge on any atom is 0.306 e. The highest BCUT2D eigenvalue weighted by atomic mass is 32.2. The van der Waals surface area contributed by atoms with E-state index in [0.717, 1.165) is 52.2 Å². The van der Waals surface area contributed by atoms with Gasteiger partial charge in [-0.25, -0.2) is 34.8 Å². The van der Waals surface area contributed by atoms with Crippen LogP contribution >= 0.6 is 0 Å². The van der Waals surface area contributed by atoms with Crippen LogP contribution in [0.3, 0.4) is 0 Å². The molecular formula is C47H49FN6O9S3. The third-order valence-electron chi connectivity index (χ3n) is 10.9. The summed E-state index contributed by atoms with van der Waals surface area (Å²) in [6.07, 6.45) is 4.73. The lowest BCUT2D eigenvalue weighted by molar-refractivity contribution is -0.124. The van der Waals surface area contributed by atoms with Crippen molar-refractivity contribution in [2.24, 2.45) is 0 Å². The number of amides is 2. The quantitative estimate of drug-likeness (QED) is 0.130. The van der Waals surface area contributed by atoms with Gasteiger partial charge in [0, 0.05) is 37.9 Å². The minimum Gasteiger partial charge on any atom is -0.383 e. The zero-order valence-electron chi connectivity index (χ0n) is 36.4. The van der Waals surface area contributed by atoms with E-state index in [4.69, 9.17) is 4.18 Å². The van der Waals surface area contributed by atoms with E-state index in [1.165, 1.54) is 36.4 Å². The summed E-state index contributed by atoms with van der Waals surface area (Å²) in [5, 5.41) is 6.27. The number of aromatic nitrogens is 1. The lowest BCUT2D eigenvalue weighted by Gasteiger charge is -2.33. The molecule has 19 heteroatoms. The first-order chi connectivity index (χ1) is 31.4. The van der Waals surface area contributed by atoms with Gasteiger partial charge in [0.05, 0.1) is 12.8 Å². The number of pyridine rings is 1. The molecule has 3 aliphatic rings. The Morgan fingerprint density at radius 2 is 1.29 bits per heavy atom. The van der Waals surface area contributed by atoms with Crippen LogP contribution in [0.1, 0.15) is 48.9 Å². The van der Waals surface area contributed by atoms with Gasteiger partial charge >= 0.3 is 10.1 Å². The molecule has 0 spiro atoms. The topological polar surface area (TPSA) is 192 Å². The number of piperidine rings is 1. The molecule has 4 heterocycles. The SMILES string of the molecule is CC(C)N1C(=O)C(NC2CCN(c3ccccn3)CC2)=C(c2ccccc2)S1(=O)=O.CS(=O)(=O)Oc1ccc(CCNC2=C(c3ccccc3)S(=O)(=O)N(Cc3ccc(F)cc3)C2=O)cc1. The van der Waals surface area contributed by atoms with Gasteiger partial charge in [-0.1, -0.05) is 91.0 Å². The highest BCUT2D eigenvalue weighted by Gasteiger charge is 2.47. The van der Waals surface area contributed by atoms with Crippen LogP contribution in [-0.2, 0) is 52.7 Å². The fourth-order valence-electron chi connectivity index (χ4n) is 7.80. The first-order valence-corrected chi connectivity index (χ1v) is 25.8. The summed E-state index contributed by atoms with van der Waals surface area (Å²) in [5.41, 5.74) is 2.34. The largest absolute Gasteiger partial charge is 0.383 e. The number of nitrogens with one attached hydrogen (secondary N) is 2. The van der Waals surface area contributed by atoms with Crippen molar-refractivity contribution in [2.45, 2.75) is 51.7 Å². The van der Waals surface area contributed by atoms with Gasteiger partial charge in [-0.3, -0.25) is 9.59 Å². The Morgan fingerprint density at radius 1 is 0.727 bits per heavy atom. The van der Waals surface area contributed by atoms with Crippen LogP contribution in [0.25, 0.3) is 9.81 Å². The molecule has 1 fully saturated rings. The molecule has 1 aromatic heterocycles. The molecule has 0 bridgehead atoms. The van der Waals surface area contributed by atoms with E-state index >= 15 is 0 Å². The average Bonchev–Trinajstić information content (AvgIpc) is 3.61. The van der Waals surface area contributed by atoms with Gasteiger partial charge in [0.2, 0.25) is 0 Å². The number of nitrogens with zero attached hydrogens (tertiary/aromatic N) is 4. The fourth-order valence-corrected chi connectivity index (χ4v) is 11.9. The maximum absolute atomic E-state index is 13.4. The molecule has 0 unspecified atom stereocenters. The highest BCUT2D eigenvalue weighted by Crippen LogP contribution is 2.37. The molecule has 1 saturated heterocycles. The lowest BCUT2D eigenvalue weighted by atomic mass is 10.0. The zero-order valence-corrected chi connectivity index (χ0v) is 38.8. The predicted molar refractivity (Wildman–Crippen MR) is 250 cm³/mol. The molecule has 3 aliphatic heterocycles. The standard InChI is InChI=1S/C25H23FN2O6S2.C22H26N4O3S/c1-35(30,31)34-22-13-9-18(10-14-22)15-16-27-23-24(20-5-3-2-4-6-20)36(32,33)28(25(23)29)17-19-7-11-21(26)12-8-19;1-16(2)26-22(27)20(21(30(26,28)29)17-8-4-3-5-9-17)24-18-11-14-25(15-12-18)19-10-6-7-13-23-19/h2-14,27H,15-17H2,1H3;3-10,13,16,18,24H,11-12,14-15H2,1-2H3. The van der Waals surface area contributed by atoms with Gasteiger partial charge in [0.25, 0.3) is 31.9 Å². The smallest absolute Gasteiger partial charge is 0.306 e. The van der Waals surface area contributed by atoms with Crippen LogP contribution in [-0.4, -0.2) is 88.6 Å². The highest BCUT2D eigenvalue weighted by molar-refractivity contribution is 8.00. The van der Waals surface area contributed by atoms with Crippen LogP contribution in [0, 0.1) is 5.82 Å². The van der Waals surface area contributed by atoms with E-state index in [9.17, 15) is 39.2 Å². The van der Waals surface area contributed by atoms with E-state index in [1.807, 2.05) is 24.3 Å². The van der Waals surface area contributed by atoms with E-state index in [0.29, 0.717) is 23.1 Å². The number of carbonyl (C=O) groups is 2. The number of rotatable bonds is 14. The Morgan fingerprint density at radius 3 is 1.83 bits per heavy atom. The molecule has 8 rings (SSSR count). The summed E-state index contributed by atoms with van der Waals surface area (Å²) in [7, 11) is -11.7. The van der Waals surface area contributed by atoms with Gasteiger partial charge in [-0.05, 0) is 91.8 Å². The van der Waals surface area contributed by atoms with Crippen molar-refractivity contribution in [3.05, 3.63) is 173 Å². The van der Waals surface area contributed by atoms with E-state index in [1.54, 1.807) is 86.8 Å². The molecule has 0 atom stereocenters. The number of hydrogen-bond donors (Lipinski definition) is 2. The number of hydrogen-bond acceptors (Lipinski definition) is 13. The van der Waals surface area contributed by atoms with Crippen molar-refractivity contribution in [3.8, 4) is 5.75 Å². The van der Waals surface area contributed by atoms with Crippen molar-refractivity contribution in [3.63, 3.8) is 0 Å². The monoisotopic (exact) mass is 956 g/mol. The van der Waals surface area contributed by atoms with Gasteiger partial charge in [-0.2, -0.15) is 8.42 Å². The molecule has 0 saturated carbocycles. The second-order valence-electron chi connectivity index (χ2n) is 16.0. The Balaban J connectivity index is 0.000000199. The second kappa shape index (κ2) is 19.9. The average molecular weight is 957 g/mol. The van der Waals surface area contributed by atoms with E-state index in [2.05, 4.69) is 20.5 Å². The summed E-state index contributed by atoms with van der Waals surface area (Å²) >= 11 is 0. The first-order valence-electron chi connectivity index (χ1n) is 21.1. The number of benzene rings is 4. The van der Waals surface area contributed by atoms with Crippen molar-refractivity contribution in [2.75, 3.05) is 30.8 Å². The first kappa shape index (κ1) is 47.4. The zero-order chi connectivity index (χ0) is 47.2. The summed E-state index contributed by atoms with van der Waals surface area (Å²) in [4.78, 5) is 33.0. The molecule has 0 radical (unpaired) electrons. The second-order valence-corrected chi connectivity index (χ2v) is 21.1. The number of anilines is 1. The van der Waals surface area contributed by atoms with Crippen LogP contribution < -0.4 is 19.7 Å². The molecule has 346 valence electrons. The molecule has 2 amide bonds. The van der Waals surface area contributed by atoms with Gasteiger partial charge in [0.15, 0.2) is 0 Å². The van der Waals surface area contributed by atoms with E-state index in [-0.39, 0.29) is 46.1 Å². The minimum atomic E-state index is -4.17. The summed E-state index contributed by atoms with van der Waals surface area (Å²) in [5.74, 6) is -0.524. The van der Waals surface area contributed by atoms with Gasteiger partial charge in [-0.15, -0.1) is 0 Å². The van der Waals surface area contributed by atoms with Crippen molar-refractivity contribution >= 4 is 57.6 Å². The summed E-state index contributed by atoms with van der Waals surface area (Å²) in [6, 6.07) is 34.3. The molecule has 4 aromatic carbocycles. The maximum atomic E-state index is 13.4. The molecule has 66 heavy (non-hydrogen) atoms. The Bertz CT molecular complexity index is 2950. The molecule has 5 aromatic rings. The lowest BCUT2D eigenvalue weighted by Crippen LogP contribution is -2.45. The Labute approximate surface area is 384 Å². The van der Waals surface area contributed by atoms with Crippen LogP contribution in [0.4, 0.5) is 10.2 Å². The Hall–Kier alpha value is -6.57. The summed E-state index contributed by atoms with van der Waals surface area (Å²) < 4.78 is 95.7. The van der Waals surface area contributed by atoms with Crippen molar-refractivity contribution in [1.29, 1.82) is 0 Å². The molecule has 2 N–H and O–H groups in total. The molecular weight excluding hydrogens is 908 g/mol. The number of carbonyl (C=O) groups excluding carboxylic acids is 2. The van der Waals surface area contributed by atoms with Gasteiger partial charge in [0.1, 0.15) is 38.6 Å². The van der Waals surface area contributed by atoms with Crippen molar-refractivity contribution < 1.29 is 43.4 Å². The van der Waals surface area contributed by atoms with Crippen LogP contribution in [0.2, 0.25) is 0 Å². The minimum absolute atomic E-state index is 0.0185. The normalized spacial score (nSPS) is 17.3. The number of sulfonamides is 2. The van der Waals surface area contributed by atoms with E-state index < -0.39 is 53.8 Å². The fraction of sp³-hybridized carbons (Fsp3) is 0.255. The third kappa shape index (κ3) is 10.7. The predicted octanol–water partition coefficient (Wildman–Crippen LogP) is 5.63. The Kier molecular flexibility index (Phi) is 14.3. The van der Waals surface area contributed by atoms with Crippen molar-refractivity contribution in [1.82, 2.24) is 24.2 Å². The van der Waals surface area contributed by atoms with Crippen LogP contribution in [0.5, 0.6) is 5.75 Å². The number of halogens is 1. The molecule has 0 aliphatic carbocycles. The van der Waals surface area contributed by atoms with Crippen LogP contribution in [0.15, 0.2) is 145 Å².